The van der Waals surface area contributed by atoms with Gasteiger partial charge in [-0.3, -0.25) is 0 Å². The summed E-state index contributed by atoms with van der Waals surface area (Å²) in [5, 5.41) is 9.44. The molecule has 0 aliphatic heterocycles. The normalized spacial score (nSPS) is 10.2. The maximum atomic E-state index is 13.5. The van der Waals surface area contributed by atoms with Gasteiger partial charge in [0.1, 0.15) is 10.8 Å². The predicted octanol–water partition coefficient (Wildman–Crippen LogP) is 3.07. The van der Waals surface area contributed by atoms with Crippen molar-refractivity contribution in [1.82, 2.24) is 4.98 Å². The Hall–Kier alpha value is -1.88. The van der Waals surface area contributed by atoms with Gasteiger partial charge in [-0.1, -0.05) is 17.8 Å². The van der Waals surface area contributed by atoms with Crippen molar-refractivity contribution >= 4 is 17.7 Å². The van der Waals surface area contributed by atoms with Crippen molar-refractivity contribution in [2.45, 2.75) is 9.92 Å². The molecule has 2 aromatic rings. The van der Waals surface area contributed by atoms with E-state index in [0.29, 0.717) is 5.03 Å². The lowest BCUT2D eigenvalue weighted by Gasteiger charge is -2.03. The van der Waals surface area contributed by atoms with E-state index in [9.17, 15) is 9.18 Å². The Morgan fingerprint density at radius 1 is 1.29 bits per heavy atom. The highest BCUT2D eigenvalue weighted by Gasteiger charge is 2.09. The first-order chi connectivity index (χ1) is 8.16. The summed E-state index contributed by atoms with van der Waals surface area (Å²) >= 11 is 1.10. The maximum absolute atomic E-state index is 13.5. The number of carboxylic acid groups (broad SMARTS) is 1. The minimum absolute atomic E-state index is 0.0600. The van der Waals surface area contributed by atoms with E-state index in [1.807, 2.05) is 0 Å². The molecule has 1 aromatic carbocycles. The summed E-state index contributed by atoms with van der Waals surface area (Å²) in [7, 11) is 0. The molecule has 17 heavy (non-hydrogen) atoms. The quantitative estimate of drug-likeness (QED) is 0.908. The molecule has 0 unspecified atom stereocenters. The van der Waals surface area contributed by atoms with E-state index in [1.54, 1.807) is 24.4 Å². The zero-order valence-electron chi connectivity index (χ0n) is 8.63. The second-order valence-corrected chi connectivity index (χ2v) is 4.28. The van der Waals surface area contributed by atoms with Crippen molar-refractivity contribution < 1.29 is 14.3 Å². The number of halogens is 1. The van der Waals surface area contributed by atoms with E-state index in [-0.39, 0.29) is 10.5 Å². The van der Waals surface area contributed by atoms with Gasteiger partial charge in [0.25, 0.3) is 0 Å². The number of rotatable bonds is 3. The molecule has 1 heterocycles. The molecule has 0 amide bonds. The number of hydrogen-bond acceptors (Lipinski definition) is 3. The van der Waals surface area contributed by atoms with Crippen molar-refractivity contribution in [2.24, 2.45) is 0 Å². The highest BCUT2D eigenvalue weighted by Crippen LogP contribution is 2.28. The van der Waals surface area contributed by atoms with Crippen LogP contribution >= 0.6 is 11.8 Å². The van der Waals surface area contributed by atoms with E-state index in [0.717, 1.165) is 17.8 Å². The maximum Gasteiger partial charge on any atom is 0.335 e. The molecule has 0 bridgehead atoms. The van der Waals surface area contributed by atoms with Crippen molar-refractivity contribution in [1.29, 1.82) is 0 Å². The molecule has 5 heteroatoms. The van der Waals surface area contributed by atoms with Crippen LogP contribution in [0.1, 0.15) is 10.4 Å². The fourth-order valence-electron chi connectivity index (χ4n) is 1.23. The Balaban J connectivity index is 2.32. The first kappa shape index (κ1) is 11.6. The Kier molecular flexibility index (Phi) is 3.39. The SMILES string of the molecule is O=C(O)c1ccc(F)c(Sc2ccccn2)c1. The Morgan fingerprint density at radius 2 is 2.12 bits per heavy atom. The molecule has 1 aromatic heterocycles. The average Bonchev–Trinajstić information content (AvgIpc) is 2.33. The minimum atomic E-state index is -1.08. The number of aromatic nitrogens is 1. The molecule has 0 fully saturated rings. The largest absolute Gasteiger partial charge is 0.478 e. The third kappa shape index (κ3) is 2.82. The molecule has 0 aliphatic rings. The van der Waals surface area contributed by atoms with E-state index in [2.05, 4.69) is 4.98 Å². The number of pyridine rings is 1. The molecule has 0 atom stereocenters. The van der Waals surface area contributed by atoms with Gasteiger partial charge < -0.3 is 5.11 Å². The van der Waals surface area contributed by atoms with Crippen molar-refractivity contribution in [3.8, 4) is 0 Å². The predicted molar refractivity (Wildman–Crippen MR) is 61.7 cm³/mol. The third-order valence-electron chi connectivity index (χ3n) is 2.03. The van der Waals surface area contributed by atoms with Crippen LogP contribution in [0.4, 0.5) is 4.39 Å². The number of hydrogen-bond donors (Lipinski definition) is 1. The molecule has 1 N–H and O–H groups in total. The van der Waals surface area contributed by atoms with Crippen LogP contribution in [0.3, 0.4) is 0 Å². The van der Waals surface area contributed by atoms with Gasteiger partial charge in [0.05, 0.1) is 10.5 Å². The summed E-state index contributed by atoms with van der Waals surface area (Å²) in [5.41, 5.74) is 0.0600. The van der Waals surface area contributed by atoms with Crippen LogP contribution in [0.2, 0.25) is 0 Å². The molecule has 0 saturated carbocycles. The topological polar surface area (TPSA) is 50.2 Å². The first-order valence-electron chi connectivity index (χ1n) is 4.78. The molecule has 86 valence electrons. The van der Waals surface area contributed by atoms with Crippen LogP contribution < -0.4 is 0 Å². The second-order valence-electron chi connectivity index (χ2n) is 3.22. The molecule has 2 rings (SSSR count). The zero-order valence-corrected chi connectivity index (χ0v) is 9.45. The lowest BCUT2D eigenvalue weighted by Crippen LogP contribution is -1.97. The Bertz CT molecular complexity index is 545. The number of nitrogens with zero attached hydrogens (tertiary/aromatic N) is 1. The van der Waals surface area contributed by atoms with Gasteiger partial charge in [0, 0.05) is 6.20 Å². The number of carbonyl (C=O) groups is 1. The fourth-order valence-corrected chi connectivity index (χ4v) is 2.07. The summed E-state index contributed by atoms with van der Waals surface area (Å²) in [5.74, 6) is -1.53. The first-order valence-corrected chi connectivity index (χ1v) is 5.60. The summed E-state index contributed by atoms with van der Waals surface area (Å²) in [6.07, 6.45) is 1.60. The standard InChI is InChI=1S/C12H8FNO2S/c13-9-5-4-8(12(15)16)7-10(9)17-11-3-1-2-6-14-11/h1-7H,(H,15,16). The van der Waals surface area contributed by atoms with Crippen LogP contribution in [-0.4, -0.2) is 16.1 Å². The van der Waals surface area contributed by atoms with Crippen LogP contribution in [0.15, 0.2) is 52.5 Å². The van der Waals surface area contributed by atoms with E-state index >= 15 is 0 Å². The van der Waals surface area contributed by atoms with E-state index in [4.69, 9.17) is 5.11 Å². The Labute approximate surface area is 101 Å². The van der Waals surface area contributed by atoms with Gasteiger partial charge in [-0.2, -0.15) is 0 Å². The van der Waals surface area contributed by atoms with Gasteiger partial charge in [-0.25, -0.2) is 14.2 Å². The molecular formula is C12H8FNO2S. The Morgan fingerprint density at radius 3 is 2.76 bits per heavy atom. The number of benzene rings is 1. The van der Waals surface area contributed by atoms with E-state index in [1.165, 1.54) is 12.1 Å². The van der Waals surface area contributed by atoms with Crippen molar-refractivity contribution in [3.63, 3.8) is 0 Å². The minimum Gasteiger partial charge on any atom is -0.478 e. The number of aromatic carboxylic acids is 1. The lowest BCUT2D eigenvalue weighted by atomic mass is 10.2. The van der Waals surface area contributed by atoms with Gasteiger partial charge in [0.15, 0.2) is 0 Å². The van der Waals surface area contributed by atoms with Gasteiger partial charge in [0.2, 0.25) is 0 Å². The average molecular weight is 249 g/mol. The molecule has 0 saturated heterocycles. The molecular weight excluding hydrogens is 241 g/mol. The van der Waals surface area contributed by atoms with E-state index < -0.39 is 11.8 Å². The summed E-state index contributed by atoms with van der Waals surface area (Å²) in [6, 6.07) is 8.96. The van der Waals surface area contributed by atoms with Crippen LogP contribution in [0, 0.1) is 5.82 Å². The molecule has 3 nitrogen and oxygen atoms in total. The fraction of sp³-hybridized carbons (Fsp3) is 0. The van der Waals surface area contributed by atoms with Crippen LogP contribution in [-0.2, 0) is 0 Å². The summed E-state index contributed by atoms with van der Waals surface area (Å²) in [4.78, 5) is 15.1. The monoisotopic (exact) mass is 249 g/mol. The van der Waals surface area contributed by atoms with Crippen molar-refractivity contribution in [2.75, 3.05) is 0 Å². The smallest absolute Gasteiger partial charge is 0.335 e. The molecule has 0 aliphatic carbocycles. The second kappa shape index (κ2) is 4.97. The van der Waals surface area contributed by atoms with Crippen LogP contribution in [0.25, 0.3) is 0 Å². The van der Waals surface area contributed by atoms with Gasteiger partial charge >= 0.3 is 5.97 Å². The van der Waals surface area contributed by atoms with Gasteiger partial charge in [-0.05, 0) is 30.3 Å². The summed E-state index contributed by atoms with van der Waals surface area (Å²) in [6.45, 7) is 0. The van der Waals surface area contributed by atoms with Crippen molar-refractivity contribution in [3.05, 3.63) is 54.0 Å². The molecule has 0 spiro atoms. The zero-order chi connectivity index (χ0) is 12.3. The van der Waals surface area contributed by atoms with Crippen LogP contribution in [0.5, 0.6) is 0 Å². The van der Waals surface area contributed by atoms with Gasteiger partial charge in [-0.15, -0.1) is 0 Å². The molecule has 0 radical (unpaired) electrons. The third-order valence-corrected chi connectivity index (χ3v) is 3.01. The highest BCUT2D eigenvalue weighted by atomic mass is 32.2. The lowest BCUT2D eigenvalue weighted by molar-refractivity contribution is 0.0696. The summed E-state index contributed by atoms with van der Waals surface area (Å²) < 4.78 is 13.5. The highest BCUT2D eigenvalue weighted by molar-refractivity contribution is 7.99. The number of carboxylic acids is 1.